The third kappa shape index (κ3) is 6.61. The number of nitrogens with zero attached hydrogens (tertiary/aromatic N) is 6. The van der Waals surface area contributed by atoms with Gasteiger partial charge in [-0.15, -0.1) is 0 Å². The van der Waals surface area contributed by atoms with Crippen molar-refractivity contribution in [1.82, 2.24) is 0 Å². The predicted octanol–water partition coefficient (Wildman–Crippen LogP) is 5.16. The summed E-state index contributed by atoms with van der Waals surface area (Å²) in [7, 11) is 0. The van der Waals surface area contributed by atoms with Crippen molar-refractivity contribution in [2.45, 2.75) is 25.7 Å². The molecule has 2 rings (SSSR count). The molecule has 0 bridgehead atoms. The summed E-state index contributed by atoms with van der Waals surface area (Å²) in [4.78, 5) is 29.7. The molecule has 0 aliphatic heterocycles. The van der Waals surface area contributed by atoms with E-state index in [1.807, 2.05) is 60.7 Å². The first-order chi connectivity index (χ1) is 13.6. The van der Waals surface area contributed by atoms with Gasteiger partial charge in [0.1, 0.15) is 0 Å². The Balaban J connectivity index is 2.14. The van der Waals surface area contributed by atoms with Gasteiger partial charge in [-0.1, -0.05) is 60.7 Å². The van der Waals surface area contributed by atoms with E-state index in [-0.39, 0.29) is 0 Å². The second-order valence-corrected chi connectivity index (χ2v) is 6.41. The summed E-state index contributed by atoms with van der Waals surface area (Å²) in [6, 6.07) is 18.8. The van der Waals surface area contributed by atoms with Crippen LogP contribution in [0.5, 0.6) is 0 Å². The zero-order valence-electron chi connectivity index (χ0n) is 15.3. The minimum Gasteiger partial charge on any atom is -0.292 e. The van der Waals surface area contributed by atoms with Crippen molar-refractivity contribution in [3.05, 3.63) is 92.7 Å². The Bertz CT molecular complexity index is 812. The molecule has 0 unspecified atom stereocenters. The van der Waals surface area contributed by atoms with Crippen molar-refractivity contribution >= 4 is 11.8 Å². The second-order valence-electron chi connectivity index (χ2n) is 6.41. The molecule has 0 aromatic heterocycles. The topological polar surface area (TPSA) is 132 Å². The fraction of sp³-hybridized carbons (Fsp3) is 0.300. The Morgan fingerprint density at radius 1 is 0.714 bits per heavy atom. The van der Waals surface area contributed by atoms with E-state index in [1.54, 1.807) is 0 Å². The first kappa shape index (κ1) is 20.7. The monoisotopic (exact) mass is 376 g/mol. The summed E-state index contributed by atoms with van der Waals surface area (Å²) in [5.41, 5.74) is 19.1. The Kier molecular flexibility index (Phi) is 8.27. The summed E-state index contributed by atoms with van der Waals surface area (Å²) >= 11 is 0. The summed E-state index contributed by atoms with van der Waals surface area (Å²) in [5, 5.41) is 6.48. The van der Waals surface area contributed by atoms with Gasteiger partial charge in [-0.05, 0) is 58.1 Å². The third-order valence-corrected chi connectivity index (χ3v) is 4.50. The van der Waals surface area contributed by atoms with Gasteiger partial charge in [-0.3, -0.25) is 9.59 Å². The molecule has 2 aromatic rings. The third-order valence-electron chi connectivity index (χ3n) is 4.50. The van der Waals surface area contributed by atoms with E-state index >= 15 is 0 Å². The smallest absolute Gasteiger partial charge is 0.222 e. The van der Waals surface area contributed by atoms with E-state index in [1.165, 1.54) is 0 Å². The van der Waals surface area contributed by atoms with Crippen molar-refractivity contribution in [2.75, 3.05) is 0 Å². The van der Waals surface area contributed by atoms with Crippen molar-refractivity contribution < 1.29 is 9.59 Å². The van der Waals surface area contributed by atoms with Gasteiger partial charge in [0.05, 0.1) is 0 Å². The number of rotatable bonds is 9. The SMILES string of the molecule is [N-]=[N+]=NC(=O)[C@H](CC[C@H](Cc1ccccc1)C(=O)N=[N+]=[N-])Cc1ccccc1. The molecule has 0 heterocycles. The zero-order valence-corrected chi connectivity index (χ0v) is 15.3. The van der Waals surface area contributed by atoms with Crippen LogP contribution in [0.1, 0.15) is 24.0 Å². The Hall–Kier alpha value is -3.60. The number of amides is 2. The minimum absolute atomic E-state index is 0.344. The van der Waals surface area contributed by atoms with Gasteiger partial charge in [0, 0.05) is 21.7 Å². The quantitative estimate of drug-likeness (QED) is 0.340. The largest absolute Gasteiger partial charge is 0.292 e. The molecule has 8 nitrogen and oxygen atoms in total. The molecule has 0 spiro atoms. The molecule has 28 heavy (non-hydrogen) atoms. The van der Waals surface area contributed by atoms with Gasteiger partial charge in [0.2, 0.25) is 11.8 Å². The summed E-state index contributed by atoms with van der Waals surface area (Å²) in [6.45, 7) is 0. The lowest BCUT2D eigenvalue weighted by molar-refractivity contribution is -0.124. The Morgan fingerprint density at radius 3 is 1.39 bits per heavy atom. The standard InChI is InChI=1S/C20H20N6O2/c21-25-23-19(27)17(13-15-7-3-1-4-8-15)11-12-18(20(28)24-26-22)14-16-9-5-2-6-10-16/h1-10,17-18H,11-14H2/t17-,18-/m1/s1. The zero-order chi connectivity index (χ0) is 20.2. The molecule has 0 radical (unpaired) electrons. The molecule has 142 valence electrons. The second kappa shape index (κ2) is 11.2. The van der Waals surface area contributed by atoms with E-state index < -0.39 is 23.7 Å². The molecular formula is C20H20N6O2. The first-order valence-corrected chi connectivity index (χ1v) is 8.89. The van der Waals surface area contributed by atoms with Crippen LogP contribution in [0.2, 0.25) is 0 Å². The molecule has 2 atom stereocenters. The van der Waals surface area contributed by atoms with Crippen LogP contribution in [0.4, 0.5) is 0 Å². The van der Waals surface area contributed by atoms with E-state index in [9.17, 15) is 9.59 Å². The maximum absolute atomic E-state index is 12.2. The molecule has 8 heteroatoms. The molecule has 0 aliphatic rings. The molecule has 0 saturated carbocycles. The fourth-order valence-electron chi connectivity index (χ4n) is 3.08. The number of hydrogen-bond donors (Lipinski definition) is 0. The highest BCUT2D eigenvalue weighted by Gasteiger charge is 2.23. The van der Waals surface area contributed by atoms with Crippen LogP contribution in [-0.2, 0) is 22.4 Å². The van der Waals surface area contributed by atoms with Crippen LogP contribution >= 0.6 is 0 Å². The molecule has 2 amide bonds. The molecule has 0 N–H and O–H groups in total. The van der Waals surface area contributed by atoms with Gasteiger partial charge in [0.15, 0.2) is 0 Å². The van der Waals surface area contributed by atoms with Gasteiger partial charge in [0.25, 0.3) is 0 Å². The molecular weight excluding hydrogens is 356 g/mol. The summed E-state index contributed by atoms with van der Waals surface area (Å²) in [6.07, 6.45) is 1.51. The maximum atomic E-state index is 12.2. The molecule has 0 fully saturated rings. The highest BCUT2D eigenvalue weighted by molar-refractivity contribution is 5.81. The average Bonchev–Trinajstić information content (AvgIpc) is 2.72. The highest BCUT2D eigenvalue weighted by Crippen LogP contribution is 2.23. The lowest BCUT2D eigenvalue weighted by Crippen LogP contribution is -2.20. The predicted molar refractivity (Wildman–Crippen MR) is 105 cm³/mol. The van der Waals surface area contributed by atoms with E-state index in [0.717, 1.165) is 11.1 Å². The van der Waals surface area contributed by atoms with Gasteiger partial charge >= 0.3 is 0 Å². The van der Waals surface area contributed by atoms with Crippen LogP contribution in [0.15, 0.2) is 70.9 Å². The number of carbonyl (C=O) groups excluding carboxylic acids is 2. The molecule has 0 saturated heterocycles. The van der Waals surface area contributed by atoms with Crippen LogP contribution < -0.4 is 0 Å². The number of azide groups is 2. The van der Waals surface area contributed by atoms with E-state index in [4.69, 9.17) is 11.1 Å². The summed E-state index contributed by atoms with van der Waals surface area (Å²) in [5.74, 6) is -2.20. The van der Waals surface area contributed by atoms with Crippen molar-refractivity contribution in [3.8, 4) is 0 Å². The van der Waals surface area contributed by atoms with Crippen LogP contribution in [0.25, 0.3) is 20.9 Å². The Morgan fingerprint density at radius 2 is 1.07 bits per heavy atom. The fourth-order valence-corrected chi connectivity index (χ4v) is 3.08. The number of carbonyl (C=O) groups is 2. The molecule has 2 aromatic carbocycles. The number of benzene rings is 2. The van der Waals surface area contributed by atoms with Gasteiger partial charge in [-0.25, -0.2) is 0 Å². The van der Waals surface area contributed by atoms with Gasteiger partial charge < -0.3 is 0 Å². The molecule has 0 aliphatic carbocycles. The normalized spacial score (nSPS) is 12.1. The summed E-state index contributed by atoms with van der Waals surface area (Å²) < 4.78 is 0. The first-order valence-electron chi connectivity index (χ1n) is 8.89. The van der Waals surface area contributed by atoms with Crippen molar-refractivity contribution in [1.29, 1.82) is 0 Å². The van der Waals surface area contributed by atoms with Crippen molar-refractivity contribution in [2.24, 2.45) is 22.1 Å². The van der Waals surface area contributed by atoms with Crippen LogP contribution in [0.3, 0.4) is 0 Å². The minimum atomic E-state index is -0.555. The lowest BCUT2D eigenvalue weighted by Gasteiger charge is -2.18. The van der Waals surface area contributed by atoms with Crippen LogP contribution in [0, 0.1) is 11.8 Å². The van der Waals surface area contributed by atoms with E-state index in [2.05, 4.69) is 20.1 Å². The highest BCUT2D eigenvalue weighted by atomic mass is 16.2. The van der Waals surface area contributed by atoms with Crippen LogP contribution in [-0.4, -0.2) is 11.8 Å². The average molecular weight is 376 g/mol. The number of hydrogen-bond acceptors (Lipinski definition) is 2. The maximum Gasteiger partial charge on any atom is 0.222 e. The van der Waals surface area contributed by atoms with Gasteiger partial charge in [-0.2, -0.15) is 0 Å². The van der Waals surface area contributed by atoms with Crippen molar-refractivity contribution in [3.63, 3.8) is 0 Å². The van der Waals surface area contributed by atoms with E-state index in [0.29, 0.717) is 25.7 Å². The Labute approximate surface area is 162 Å². The lowest BCUT2D eigenvalue weighted by atomic mass is 9.87.